The third-order valence-corrected chi connectivity index (χ3v) is 3.85. The predicted molar refractivity (Wildman–Crippen MR) is 75.7 cm³/mol. The number of rotatable bonds is 6. The summed E-state index contributed by atoms with van der Waals surface area (Å²) in [6, 6.07) is -0.352. The van der Waals surface area contributed by atoms with Crippen molar-refractivity contribution in [1.82, 2.24) is 9.80 Å². The Balaban J connectivity index is 2.58. The number of carbonyl (C=O) groups excluding carboxylic acids is 1. The van der Waals surface area contributed by atoms with E-state index in [1.165, 1.54) is 0 Å². The molecule has 0 saturated carbocycles. The molecule has 3 atom stereocenters. The van der Waals surface area contributed by atoms with Crippen molar-refractivity contribution in [3.63, 3.8) is 0 Å². The molecule has 1 aliphatic heterocycles. The summed E-state index contributed by atoms with van der Waals surface area (Å²) < 4.78 is 0. The molecule has 1 amide bonds. The van der Waals surface area contributed by atoms with Gasteiger partial charge in [0.05, 0.1) is 12.1 Å². The molecule has 0 aromatic rings. The number of thioether (sulfide) groups is 1. The van der Waals surface area contributed by atoms with Crippen LogP contribution in [0, 0.1) is 0 Å². The molecular formula is C12H25N3O2S. The van der Waals surface area contributed by atoms with Gasteiger partial charge in [0.2, 0.25) is 5.91 Å². The number of aliphatic hydroxyl groups excluding tert-OH is 1. The standard InChI is InChI=1S/C12H25N3O2S/c1-14(2)7-9-6-10(16)8-15(9)12(17)11(13)4-5-18-3/h9-11,16H,4-8,13H2,1-3H3/t9?,10?,11-/m1/s1. The van der Waals surface area contributed by atoms with Crippen LogP contribution in [0.2, 0.25) is 0 Å². The van der Waals surface area contributed by atoms with Crippen LogP contribution in [0.15, 0.2) is 0 Å². The molecule has 1 aliphatic rings. The van der Waals surface area contributed by atoms with Gasteiger partial charge < -0.3 is 20.6 Å². The maximum absolute atomic E-state index is 12.3. The molecule has 3 N–H and O–H groups in total. The largest absolute Gasteiger partial charge is 0.391 e. The van der Waals surface area contributed by atoms with E-state index in [1.807, 2.05) is 25.3 Å². The van der Waals surface area contributed by atoms with Gasteiger partial charge in [-0.05, 0) is 38.9 Å². The Labute approximate surface area is 114 Å². The van der Waals surface area contributed by atoms with Crippen molar-refractivity contribution in [1.29, 1.82) is 0 Å². The lowest BCUT2D eigenvalue weighted by molar-refractivity contribution is -0.134. The zero-order chi connectivity index (χ0) is 13.7. The van der Waals surface area contributed by atoms with Gasteiger partial charge >= 0.3 is 0 Å². The van der Waals surface area contributed by atoms with Crippen LogP contribution >= 0.6 is 11.8 Å². The summed E-state index contributed by atoms with van der Waals surface area (Å²) in [5.41, 5.74) is 5.92. The molecule has 1 heterocycles. The summed E-state index contributed by atoms with van der Waals surface area (Å²) in [5.74, 6) is 0.870. The number of hydrogen-bond acceptors (Lipinski definition) is 5. The molecule has 106 valence electrons. The SMILES string of the molecule is CSCC[C@@H](N)C(=O)N1CC(O)CC1CN(C)C. The van der Waals surface area contributed by atoms with Crippen molar-refractivity contribution < 1.29 is 9.90 Å². The number of nitrogens with two attached hydrogens (primary N) is 1. The minimum Gasteiger partial charge on any atom is -0.391 e. The summed E-state index contributed by atoms with van der Waals surface area (Å²) in [6.45, 7) is 1.20. The molecule has 1 rings (SSSR count). The number of β-amino-alcohol motifs (C(OH)–C–C–N with tert-alkyl or cyclic N) is 1. The van der Waals surface area contributed by atoms with Crippen LogP contribution in [0.3, 0.4) is 0 Å². The average molecular weight is 275 g/mol. The number of likely N-dealkylation sites (N-methyl/N-ethyl adjacent to an activating group) is 1. The van der Waals surface area contributed by atoms with E-state index in [2.05, 4.69) is 0 Å². The molecule has 6 heteroatoms. The molecule has 0 spiro atoms. The smallest absolute Gasteiger partial charge is 0.239 e. The highest BCUT2D eigenvalue weighted by molar-refractivity contribution is 7.98. The fourth-order valence-electron chi connectivity index (χ4n) is 2.34. The van der Waals surface area contributed by atoms with Crippen molar-refractivity contribution in [2.75, 3.05) is 39.2 Å². The second-order valence-corrected chi connectivity index (χ2v) is 6.17. The Morgan fingerprint density at radius 1 is 1.61 bits per heavy atom. The molecule has 0 aromatic carbocycles. The maximum atomic E-state index is 12.3. The molecule has 2 unspecified atom stereocenters. The van der Waals surface area contributed by atoms with Crippen LogP contribution in [0.25, 0.3) is 0 Å². The van der Waals surface area contributed by atoms with Gasteiger partial charge in [-0.1, -0.05) is 0 Å². The summed E-state index contributed by atoms with van der Waals surface area (Å²) in [4.78, 5) is 16.0. The number of carbonyl (C=O) groups is 1. The van der Waals surface area contributed by atoms with Crippen molar-refractivity contribution in [2.24, 2.45) is 5.73 Å². The lowest BCUT2D eigenvalue weighted by Crippen LogP contribution is -2.49. The lowest BCUT2D eigenvalue weighted by Gasteiger charge is -2.29. The van der Waals surface area contributed by atoms with E-state index in [1.54, 1.807) is 16.7 Å². The van der Waals surface area contributed by atoms with E-state index in [0.717, 1.165) is 12.3 Å². The van der Waals surface area contributed by atoms with Crippen LogP contribution in [0.1, 0.15) is 12.8 Å². The molecule has 1 saturated heterocycles. The highest BCUT2D eigenvalue weighted by Gasteiger charge is 2.36. The van der Waals surface area contributed by atoms with Gasteiger partial charge in [0, 0.05) is 19.1 Å². The maximum Gasteiger partial charge on any atom is 0.239 e. The Kier molecular flexibility index (Phi) is 6.42. The fraction of sp³-hybridized carbons (Fsp3) is 0.917. The first-order valence-electron chi connectivity index (χ1n) is 6.33. The molecule has 0 bridgehead atoms. The Morgan fingerprint density at radius 3 is 2.83 bits per heavy atom. The molecular weight excluding hydrogens is 250 g/mol. The fourth-order valence-corrected chi connectivity index (χ4v) is 2.83. The minimum absolute atomic E-state index is 0.0209. The van der Waals surface area contributed by atoms with E-state index < -0.39 is 12.1 Å². The Morgan fingerprint density at radius 2 is 2.28 bits per heavy atom. The summed E-state index contributed by atoms with van der Waals surface area (Å²) >= 11 is 1.69. The molecule has 0 radical (unpaired) electrons. The van der Waals surface area contributed by atoms with Gasteiger partial charge in [-0.15, -0.1) is 0 Å². The molecule has 5 nitrogen and oxygen atoms in total. The van der Waals surface area contributed by atoms with Crippen molar-refractivity contribution in [3.05, 3.63) is 0 Å². The third kappa shape index (κ3) is 4.42. The van der Waals surface area contributed by atoms with Crippen molar-refractivity contribution in [2.45, 2.75) is 31.0 Å². The number of amides is 1. The first kappa shape index (κ1) is 15.8. The minimum atomic E-state index is -0.438. The second-order valence-electron chi connectivity index (χ2n) is 5.18. The topological polar surface area (TPSA) is 69.8 Å². The first-order chi connectivity index (χ1) is 8.45. The first-order valence-corrected chi connectivity index (χ1v) is 7.73. The van der Waals surface area contributed by atoms with Crippen LogP contribution < -0.4 is 5.73 Å². The number of nitrogens with zero attached hydrogens (tertiary/aromatic N) is 2. The second kappa shape index (κ2) is 7.33. The highest BCUT2D eigenvalue weighted by atomic mass is 32.2. The van der Waals surface area contributed by atoms with Gasteiger partial charge in [-0.3, -0.25) is 4.79 Å². The monoisotopic (exact) mass is 275 g/mol. The summed E-state index contributed by atoms with van der Waals surface area (Å²) in [5, 5.41) is 9.73. The normalized spacial score (nSPS) is 25.8. The van der Waals surface area contributed by atoms with E-state index in [-0.39, 0.29) is 11.9 Å². The zero-order valence-electron chi connectivity index (χ0n) is 11.5. The third-order valence-electron chi connectivity index (χ3n) is 3.20. The summed E-state index contributed by atoms with van der Waals surface area (Å²) in [6.07, 6.45) is 2.94. The van der Waals surface area contributed by atoms with E-state index in [0.29, 0.717) is 19.4 Å². The number of aliphatic hydroxyl groups is 1. The number of hydrogen-bond donors (Lipinski definition) is 2. The predicted octanol–water partition coefficient (Wildman–Crippen LogP) is -0.410. The van der Waals surface area contributed by atoms with E-state index >= 15 is 0 Å². The molecule has 1 fully saturated rings. The molecule has 18 heavy (non-hydrogen) atoms. The number of likely N-dealkylation sites (tertiary alicyclic amines) is 1. The van der Waals surface area contributed by atoms with Crippen molar-refractivity contribution >= 4 is 17.7 Å². The van der Waals surface area contributed by atoms with Crippen LogP contribution in [-0.4, -0.2) is 78.2 Å². The van der Waals surface area contributed by atoms with Crippen LogP contribution in [-0.2, 0) is 4.79 Å². The van der Waals surface area contributed by atoms with Gasteiger partial charge in [0.25, 0.3) is 0 Å². The van der Waals surface area contributed by atoms with Gasteiger partial charge in [0.15, 0.2) is 0 Å². The lowest BCUT2D eigenvalue weighted by atomic mass is 10.1. The van der Waals surface area contributed by atoms with Crippen LogP contribution in [0.5, 0.6) is 0 Å². The Hall–Kier alpha value is -0.300. The Bertz CT molecular complexity index is 276. The van der Waals surface area contributed by atoms with Crippen molar-refractivity contribution in [3.8, 4) is 0 Å². The van der Waals surface area contributed by atoms with Gasteiger partial charge in [-0.2, -0.15) is 11.8 Å². The van der Waals surface area contributed by atoms with Gasteiger partial charge in [-0.25, -0.2) is 0 Å². The molecule has 0 aromatic heterocycles. The zero-order valence-corrected chi connectivity index (χ0v) is 12.3. The quantitative estimate of drug-likeness (QED) is 0.690. The molecule has 0 aliphatic carbocycles. The van der Waals surface area contributed by atoms with E-state index in [4.69, 9.17) is 5.73 Å². The van der Waals surface area contributed by atoms with E-state index in [9.17, 15) is 9.90 Å². The average Bonchev–Trinajstić information content (AvgIpc) is 2.65. The van der Waals surface area contributed by atoms with Crippen LogP contribution in [0.4, 0.5) is 0 Å². The highest BCUT2D eigenvalue weighted by Crippen LogP contribution is 2.20. The summed E-state index contributed by atoms with van der Waals surface area (Å²) in [7, 11) is 3.95. The van der Waals surface area contributed by atoms with Gasteiger partial charge in [0.1, 0.15) is 0 Å².